The SMILES string of the molecule is NC(N)=NN=C1CCN2CCC1C2. The summed E-state index contributed by atoms with van der Waals surface area (Å²) in [7, 11) is 0. The van der Waals surface area contributed by atoms with Crippen molar-refractivity contribution in [3.05, 3.63) is 0 Å². The lowest BCUT2D eigenvalue weighted by atomic mass is 9.98. The van der Waals surface area contributed by atoms with E-state index >= 15 is 0 Å². The van der Waals surface area contributed by atoms with E-state index < -0.39 is 0 Å². The molecule has 0 aromatic carbocycles. The van der Waals surface area contributed by atoms with Gasteiger partial charge in [-0.1, -0.05) is 0 Å². The zero-order valence-corrected chi connectivity index (χ0v) is 7.61. The van der Waals surface area contributed by atoms with Crippen LogP contribution in [0.15, 0.2) is 10.2 Å². The molecule has 5 nitrogen and oxygen atoms in total. The first-order chi connectivity index (χ1) is 6.25. The molecule has 2 heterocycles. The van der Waals surface area contributed by atoms with Gasteiger partial charge in [0.15, 0.2) is 0 Å². The minimum atomic E-state index is 0.0490. The van der Waals surface area contributed by atoms with Crippen LogP contribution >= 0.6 is 0 Å². The molecule has 72 valence electrons. The van der Waals surface area contributed by atoms with Crippen molar-refractivity contribution in [2.24, 2.45) is 27.6 Å². The molecule has 2 bridgehead atoms. The van der Waals surface area contributed by atoms with Gasteiger partial charge in [0.1, 0.15) is 0 Å². The predicted molar refractivity (Wildman–Crippen MR) is 52.4 cm³/mol. The van der Waals surface area contributed by atoms with Crippen LogP contribution < -0.4 is 11.5 Å². The van der Waals surface area contributed by atoms with Gasteiger partial charge in [-0.3, -0.25) is 0 Å². The predicted octanol–water partition coefficient (Wildman–Crippen LogP) is -0.659. The molecule has 0 radical (unpaired) electrons. The molecule has 2 aliphatic heterocycles. The maximum absolute atomic E-state index is 5.22. The van der Waals surface area contributed by atoms with Gasteiger partial charge >= 0.3 is 0 Å². The number of guanidine groups is 1. The molecule has 2 unspecified atom stereocenters. The van der Waals surface area contributed by atoms with Gasteiger partial charge in [-0.15, -0.1) is 5.10 Å². The highest BCUT2D eigenvalue weighted by Gasteiger charge is 2.31. The first-order valence-electron chi connectivity index (χ1n) is 4.63. The lowest BCUT2D eigenvalue weighted by Gasteiger charge is -2.22. The summed E-state index contributed by atoms with van der Waals surface area (Å²) in [5, 5.41) is 7.80. The summed E-state index contributed by atoms with van der Waals surface area (Å²) in [5.74, 6) is 0.643. The molecule has 5 heteroatoms. The molecule has 2 rings (SSSR count). The molecule has 0 aliphatic carbocycles. The monoisotopic (exact) mass is 181 g/mol. The molecule has 0 aromatic rings. The largest absolute Gasteiger partial charge is 0.369 e. The van der Waals surface area contributed by atoms with Crippen molar-refractivity contribution in [3.8, 4) is 0 Å². The number of piperidine rings is 1. The Morgan fingerprint density at radius 1 is 1.38 bits per heavy atom. The first kappa shape index (κ1) is 8.50. The van der Waals surface area contributed by atoms with Gasteiger partial charge in [0.25, 0.3) is 0 Å². The Bertz CT molecular complexity index is 253. The normalized spacial score (nSPS) is 34.9. The van der Waals surface area contributed by atoms with Gasteiger partial charge in [-0.2, -0.15) is 5.10 Å². The van der Waals surface area contributed by atoms with E-state index in [1.54, 1.807) is 0 Å². The number of hydrogen-bond donors (Lipinski definition) is 2. The number of nitrogens with zero attached hydrogens (tertiary/aromatic N) is 3. The molecule has 2 atom stereocenters. The van der Waals surface area contributed by atoms with Gasteiger partial charge in [-0.05, 0) is 13.0 Å². The van der Waals surface area contributed by atoms with Gasteiger partial charge < -0.3 is 16.4 Å². The minimum Gasteiger partial charge on any atom is -0.369 e. The summed E-state index contributed by atoms with van der Waals surface area (Å²) >= 11 is 0. The smallest absolute Gasteiger partial charge is 0.211 e. The Balaban J connectivity index is 2.07. The fraction of sp³-hybridized carbons (Fsp3) is 0.750. The van der Waals surface area contributed by atoms with Crippen molar-refractivity contribution in [2.45, 2.75) is 12.8 Å². The molecule has 2 saturated heterocycles. The van der Waals surface area contributed by atoms with Crippen LogP contribution in [0.25, 0.3) is 0 Å². The Kier molecular flexibility index (Phi) is 2.18. The summed E-state index contributed by atoms with van der Waals surface area (Å²) < 4.78 is 0. The standard InChI is InChI=1S/C8H15N5/c9-8(10)12-11-7-2-4-13-3-1-6(7)5-13/h6H,1-5H2,(H4,9,10,12). The average molecular weight is 181 g/mol. The Morgan fingerprint density at radius 2 is 2.23 bits per heavy atom. The van der Waals surface area contributed by atoms with Gasteiger partial charge in [0.2, 0.25) is 5.96 Å². The lowest BCUT2D eigenvalue weighted by Crippen LogP contribution is -2.32. The van der Waals surface area contributed by atoms with Crippen LogP contribution in [0, 0.1) is 5.92 Å². The highest BCUT2D eigenvalue weighted by Crippen LogP contribution is 2.24. The molecular formula is C8H15N5. The van der Waals surface area contributed by atoms with Crippen molar-refractivity contribution in [3.63, 3.8) is 0 Å². The number of hydrogen-bond acceptors (Lipinski definition) is 3. The summed E-state index contributed by atoms with van der Waals surface area (Å²) in [6.07, 6.45) is 2.22. The second-order valence-corrected chi connectivity index (χ2v) is 3.65. The van der Waals surface area contributed by atoms with Crippen molar-refractivity contribution >= 4 is 11.7 Å². The summed E-state index contributed by atoms with van der Waals surface area (Å²) in [6.45, 7) is 3.44. The third-order valence-corrected chi connectivity index (χ3v) is 2.72. The van der Waals surface area contributed by atoms with E-state index in [-0.39, 0.29) is 5.96 Å². The fourth-order valence-corrected chi connectivity index (χ4v) is 2.04. The highest BCUT2D eigenvalue weighted by molar-refractivity contribution is 5.89. The van der Waals surface area contributed by atoms with Gasteiger partial charge in [0.05, 0.1) is 0 Å². The summed E-state index contributed by atoms with van der Waals surface area (Å²) in [5.41, 5.74) is 11.6. The van der Waals surface area contributed by atoms with E-state index in [0.29, 0.717) is 5.92 Å². The molecule has 13 heavy (non-hydrogen) atoms. The lowest BCUT2D eigenvalue weighted by molar-refractivity contribution is 0.329. The maximum Gasteiger partial charge on any atom is 0.211 e. The Hall–Kier alpha value is -1.10. The molecule has 2 fully saturated rings. The Labute approximate surface area is 77.5 Å². The summed E-state index contributed by atoms with van der Waals surface area (Å²) in [6, 6.07) is 0. The van der Waals surface area contributed by atoms with E-state index in [1.807, 2.05) is 0 Å². The first-order valence-corrected chi connectivity index (χ1v) is 4.63. The Morgan fingerprint density at radius 3 is 3.00 bits per heavy atom. The second kappa shape index (κ2) is 3.33. The zero-order chi connectivity index (χ0) is 9.26. The molecular weight excluding hydrogens is 166 g/mol. The van der Waals surface area contributed by atoms with Gasteiger partial charge in [-0.25, -0.2) is 0 Å². The van der Waals surface area contributed by atoms with E-state index in [9.17, 15) is 0 Å². The third kappa shape index (κ3) is 1.80. The van der Waals surface area contributed by atoms with Crippen LogP contribution in [0.2, 0.25) is 0 Å². The molecule has 2 aliphatic rings. The van der Waals surface area contributed by atoms with Crippen LogP contribution in [0.4, 0.5) is 0 Å². The molecule has 0 amide bonds. The van der Waals surface area contributed by atoms with E-state index in [1.165, 1.54) is 18.7 Å². The van der Waals surface area contributed by atoms with E-state index in [4.69, 9.17) is 11.5 Å². The van der Waals surface area contributed by atoms with Crippen LogP contribution in [0.5, 0.6) is 0 Å². The third-order valence-electron chi connectivity index (χ3n) is 2.72. The molecule has 0 aromatic heterocycles. The molecule has 0 saturated carbocycles. The minimum absolute atomic E-state index is 0.0490. The molecule has 4 N–H and O–H groups in total. The van der Waals surface area contributed by atoms with Crippen molar-refractivity contribution < 1.29 is 0 Å². The maximum atomic E-state index is 5.22. The van der Waals surface area contributed by atoms with E-state index in [2.05, 4.69) is 15.1 Å². The second-order valence-electron chi connectivity index (χ2n) is 3.65. The van der Waals surface area contributed by atoms with Crippen LogP contribution in [-0.4, -0.2) is 36.2 Å². The quantitative estimate of drug-likeness (QED) is 0.320. The highest BCUT2D eigenvalue weighted by atomic mass is 15.3. The van der Waals surface area contributed by atoms with Crippen molar-refractivity contribution in [1.82, 2.24) is 4.90 Å². The van der Waals surface area contributed by atoms with Crippen LogP contribution in [0.1, 0.15) is 12.8 Å². The van der Waals surface area contributed by atoms with Gasteiger partial charge in [0, 0.05) is 31.1 Å². The number of rotatable bonds is 1. The topological polar surface area (TPSA) is 80.0 Å². The summed E-state index contributed by atoms with van der Waals surface area (Å²) in [4.78, 5) is 2.46. The fourth-order valence-electron chi connectivity index (χ4n) is 2.04. The number of nitrogens with two attached hydrogens (primary N) is 2. The molecule has 0 spiro atoms. The van der Waals surface area contributed by atoms with E-state index in [0.717, 1.165) is 19.5 Å². The van der Waals surface area contributed by atoms with Crippen molar-refractivity contribution in [2.75, 3.05) is 19.6 Å². The average Bonchev–Trinajstić information content (AvgIpc) is 2.47. The number of fused-ring (bicyclic) bond motifs is 2. The van der Waals surface area contributed by atoms with Crippen LogP contribution in [-0.2, 0) is 0 Å². The zero-order valence-electron chi connectivity index (χ0n) is 7.61. The van der Waals surface area contributed by atoms with Crippen molar-refractivity contribution in [1.29, 1.82) is 0 Å². The van der Waals surface area contributed by atoms with Crippen LogP contribution in [0.3, 0.4) is 0 Å².